The Labute approximate surface area is 103 Å². The Bertz CT molecular complexity index is 351. The predicted octanol–water partition coefficient (Wildman–Crippen LogP) is 2.89. The molecular weight excluding hydrogens is 216 g/mol. The third kappa shape index (κ3) is 5.00. The van der Waals surface area contributed by atoms with Crippen molar-refractivity contribution in [2.75, 3.05) is 19.8 Å². The number of aryl methyl sites for hydroxylation is 2. The molecule has 17 heavy (non-hydrogen) atoms. The lowest BCUT2D eigenvalue weighted by Crippen LogP contribution is -2.11. The smallest absolute Gasteiger partial charge is 0.338 e. The van der Waals surface area contributed by atoms with Crippen molar-refractivity contribution in [3.05, 3.63) is 34.9 Å². The highest BCUT2D eigenvalue weighted by Gasteiger charge is 2.07. The molecule has 0 saturated carbocycles. The van der Waals surface area contributed by atoms with E-state index in [9.17, 15) is 4.79 Å². The molecule has 1 rings (SSSR count). The van der Waals surface area contributed by atoms with Crippen LogP contribution in [-0.2, 0) is 9.47 Å². The lowest BCUT2D eigenvalue weighted by molar-refractivity contribution is 0.0318. The zero-order valence-corrected chi connectivity index (χ0v) is 10.8. The molecule has 3 heteroatoms. The Morgan fingerprint density at radius 1 is 1.06 bits per heavy atom. The minimum Gasteiger partial charge on any atom is -0.460 e. The second-order valence-electron chi connectivity index (χ2n) is 4.12. The third-order valence-corrected chi connectivity index (χ3v) is 2.27. The highest BCUT2D eigenvalue weighted by molar-refractivity contribution is 5.89. The van der Waals surface area contributed by atoms with E-state index in [1.165, 1.54) is 0 Å². The van der Waals surface area contributed by atoms with Gasteiger partial charge in [-0.3, -0.25) is 0 Å². The quantitative estimate of drug-likeness (QED) is 0.563. The molecule has 0 heterocycles. The first kappa shape index (κ1) is 13.7. The summed E-state index contributed by atoms with van der Waals surface area (Å²) in [5, 5.41) is 0. The van der Waals surface area contributed by atoms with Gasteiger partial charge in [-0.25, -0.2) is 4.79 Å². The number of ether oxygens (including phenoxy) is 2. The Kier molecular flexibility index (Phi) is 5.70. The number of esters is 1. The van der Waals surface area contributed by atoms with E-state index in [-0.39, 0.29) is 5.97 Å². The van der Waals surface area contributed by atoms with Crippen LogP contribution in [0.4, 0.5) is 0 Å². The van der Waals surface area contributed by atoms with Crippen LogP contribution in [0.15, 0.2) is 18.2 Å². The average Bonchev–Trinajstić information content (AvgIpc) is 2.27. The number of hydrogen-bond acceptors (Lipinski definition) is 3. The van der Waals surface area contributed by atoms with Gasteiger partial charge in [0.25, 0.3) is 0 Å². The number of carbonyl (C=O) groups is 1. The Morgan fingerprint density at radius 2 is 1.71 bits per heavy atom. The van der Waals surface area contributed by atoms with Crippen LogP contribution < -0.4 is 0 Å². The maximum Gasteiger partial charge on any atom is 0.338 e. The second kappa shape index (κ2) is 7.07. The summed E-state index contributed by atoms with van der Waals surface area (Å²) in [6, 6.07) is 5.70. The highest BCUT2D eigenvalue weighted by Crippen LogP contribution is 2.09. The Hall–Kier alpha value is -1.35. The first-order valence-corrected chi connectivity index (χ1v) is 5.96. The van der Waals surface area contributed by atoms with E-state index in [0.29, 0.717) is 25.4 Å². The van der Waals surface area contributed by atoms with Gasteiger partial charge in [0.05, 0.1) is 12.2 Å². The topological polar surface area (TPSA) is 35.5 Å². The molecule has 0 spiro atoms. The molecule has 0 unspecified atom stereocenters. The SMILES string of the molecule is CCCOCCOC(=O)c1cc(C)cc(C)c1. The molecule has 0 fully saturated rings. The molecule has 0 aliphatic carbocycles. The van der Waals surface area contributed by atoms with Crippen molar-refractivity contribution in [3.63, 3.8) is 0 Å². The van der Waals surface area contributed by atoms with Crippen molar-refractivity contribution < 1.29 is 14.3 Å². The van der Waals surface area contributed by atoms with Crippen LogP contribution in [0.25, 0.3) is 0 Å². The first-order chi connectivity index (χ1) is 8.13. The summed E-state index contributed by atoms with van der Waals surface area (Å²) < 4.78 is 10.4. The van der Waals surface area contributed by atoms with Crippen molar-refractivity contribution in [1.82, 2.24) is 0 Å². The maximum atomic E-state index is 11.7. The number of hydrogen-bond donors (Lipinski definition) is 0. The fourth-order valence-electron chi connectivity index (χ4n) is 1.62. The van der Waals surface area contributed by atoms with Crippen molar-refractivity contribution in [2.24, 2.45) is 0 Å². The zero-order valence-electron chi connectivity index (χ0n) is 10.8. The molecule has 94 valence electrons. The lowest BCUT2D eigenvalue weighted by atomic mass is 10.1. The molecule has 0 saturated heterocycles. The standard InChI is InChI=1S/C14H20O3/c1-4-5-16-6-7-17-14(15)13-9-11(2)8-12(3)10-13/h8-10H,4-7H2,1-3H3. The fraction of sp³-hybridized carbons (Fsp3) is 0.500. The van der Waals surface area contributed by atoms with E-state index >= 15 is 0 Å². The van der Waals surface area contributed by atoms with E-state index in [1.807, 2.05) is 39.0 Å². The molecule has 0 aromatic heterocycles. The molecule has 1 aromatic rings. The largest absolute Gasteiger partial charge is 0.460 e. The van der Waals surface area contributed by atoms with Gasteiger partial charge in [-0.15, -0.1) is 0 Å². The van der Waals surface area contributed by atoms with Gasteiger partial charge in [-0.2, -0.15) is 0 Å². The first-order valence-electron chi connectivity index (χ1n) is 5.96. The van der Waals surface area contributed by atoms with Gasteiger partial charge < -0.3 is 9.47 Å². The van der Waals surface area contributed by atoms with E-state index in [0.717, 1.165) is 17.5 Å². The van der Waals surface area contributed by atoms with Crippen molar-refractivity contribution in [3.8, 4) is 0 Å². The van der Waals surface area contributed by atoms with Crippen LogP contribution in [-0.4, -0.2) is 25.8 Å². The van der Waals surface area contributed by atoms with Crippen LogP contribution in [0.5, 0.6) is 0 Å². The fourth-order valence-corrected chi connectivity index (χ4v) is 1.62. The second-order valence-corrected chi connectivity index (χ2v) is 4.12. The van der Waals surface area contributed by atoms with Crippen molar-refractivity contribution >= 4 is 5.97 Å². The molecule has 0 N–H and O–H groups in total. The minimum atomic E-state index is -0.281. The number of rotatable bonds is 6. The Morgan fingerprint density at radius 3 is 2.29 bits per heavy atom. The number of benzene rings is 1. The van der Waals surface area contributed by atoms with Gasteiger partial charge in [0, 0.05) is 6.61 Å². The molecule has 0 radical (unpaired) electrons. The molecule has 0 amide bonds. The third-order valence-electron chi connectivity index (χ3n) is 2.27. The van der Waals surface area contributed by atoms with Gasteiger partial charge in [0.15, 0.2) is 0 Å². The van der Waals surface area contributed by atoms with Crippen LogP contribution in [0.1, 0.15) is 34.8 Å². The summed E-state index contributed by atoms with van der Waals surface area (Å²) in [5.74, 6) is -0.281. The van der Waals surface area contributed by atoms with Crippen LogP contribution >= 0.6 is 0 Å². The van der Waals surface area contributed by atoms with Crippen LogP contribution in [0.2, 0.25) is 0 Å². The summed E-state index contributed by atoms with van der Waals surface area (Å²) in [4.78, 5) is 11.7. The van der Waals surface area contributed by atoms with E-state index < -0.39 is 0 Å². The molecule has 3 nitrogen and oxygen atoms in total. The van der Waals surface area contributed by atoms with E-state index in [1.54, 1.807) is 0 Å². The average molecular weight is 236 g/mol. The summed E-state index contributed by atoms with van der Waals surface area (Å²) >= 11 is 0. The minimum absolute atomic E-state index is 0.281. The highest BCUT2D eigenvalue weighted by atomic mass is 16.6. The van der Waals surface area contributed by atoms with Crippen LogP contribution in [0.3, 0.4) is 0 Å². The zero-order chi connectivity index (χ0) is 12.7. The molecule has 0 bridgehead atoms. The normalized spacial score (nSPS) is 10.3. The summed E-state index contributed by atoms with van der Waals surface area (Å²) in [6.07, 6.45) is 0.977. The molecule has 0 aliphatic heterocycles. The molecule has 0 atom stereocenters. The predicted molar refractivity (Wildman–Crippen MR) is 67.3 cm³/mol. The molecular formula is C14H20O3. The van der Waals surface area contributed by atoms with Crippen molar-refractivity contribution in [1.29, 1.82) is 0 Å². The lowest BCUT2D eigenvalue weighted by Gasteiger charge is -2.07. The van der Waals surface area contributed by atoms with E-state index in [2.05, 4.69) is 0 Å². The molecule has 1 aromatic carbocycles. The Balaban J connectivity index is 2.41. The summed E-state index contributed by atoms with van der Waals surface area (Å²) in [5.41, 5.74) is 2.75. The summed E-state index contributed by atoms with van der Waals surface area (Å²) in [7, 11) is 0. The van der Waals surface area contributed by atoms with Gasteiger partial charge >= 0.3 is 5.97 Å². The van der Waals surface area contributed by atoms with Crippen molar-refractivity contribution in [2.45, 2.75) is 27.2 Å². The monoisotopic (exact) mass is 236 g/mol. The molecule has 0 aliphatic rings. The van der Waals surface area contributed by atoms with Gasteiger partial charge in [0.1, 0.15) is 6.61 Å². The van der Waals surface area contributed by atoms with Gasteiger partial charge in [-0.1, -0.05) is 24.1 Å². The van der Waals surface area contributed by atoms with Gasteiger partial charge in [-0.05, 0) is 32.4 Å². The number of carbonyl (C=O) groups excluding carboxylic acids is 1. The van der Waals surface area contributed by atoms with Crippen LogP contribution in [0, 0.1) is 13.8 Å². The maximum absolute atomic E-state index is 11.7. The van der Waals surface area contributed by atoms with E-state index in [4.69, 9.17) is 9.47 Å². The summed E-state index contributed by atoms with van der Waals surface area (Å²) in [6.45, 7) is 7.46. The van der Waals surface area contributed by atoms with Gasteiger partial charge in [0.2, 0.25) is 0 Å².